The monoisotopic (exact) mass is 290 g/mol. The zero-order chi connectivity index (χ0) is 16.0. The molecule has 0 spiro atoms. The quantitative estimate of drug-likeness (QED) is 0.414. The van der Waals surface area contributed by atoms with Gasteiger partial charge >= 0.3 is 5.97 Å². The summed E-state index contributed by atoms with van der Waals surface area (Å²) in [5.74, 6) is -2.14. The predicted molar refractivity (Wildman–Crippen MR) is 76.1 cm³/mol. The van der Waals surface area contributed by atoms with Crippen molar-refractivity contribution >= 4 is 17.6 Å². The number of nitrogen functional groups attached to an aromatic ring is 1. The molecule has 0 bridgehead atoms. The maximum Gasteiger partial charge on any atom is 0.339 e. The number of carbonyl (C=O) groups is 2. The van der Waals surface area contributed by atoms with Crippen molar-refractivity contribution in [1.29, 1.82) is 0 Å². The highest BCUT2D eigenvalue weighted by atomic mass is 16.4. The van der Waals surface area contributed by atoms with Gasteiger partial charge in [0.25, 0.3) is 5.91 Å². The lowest BCUT2D eigenvalue weighted by atomic mass is 10.2. The molecule has 0 heterocycles. The number of rotatable bonds is 2. The van der Waals surface area contributed by atoms with Gasteiger partial charge in [0.1, 0.15) is 17.1 Å². The van der Waals surface area contributed by atoms with Crippen LogP contribution in [0.5, 0.6) is 11.5 Å². The molecule has 7 N–H and O–H groups in total. The summed E-state index contributed by atoms with van der Waals surface area (Å²) in [6.45, 7) is 0. The molecule has 0 saturated carbocycles. The van der Waals surface area contributed by atoms with E-state index in [-0.39, 0.29) is 22.6 Å². The number of aromatic hydroxyl groups is 2. The summed E-state index contributed by atoms with van der Waals surface area (Å²) < 4.78 is 0. The van der Waals surface area contributed by atoms with Crippen LogP contribution in [0.1, 0.15) is 20.7 Å². The van der Waals surface area contributed by atoms with Crippen molar-refractivity contribution in [3.63, 3.8) is 0 Å². The Balaban J connectivity index is 0.000000211. The molecule has 110 valence electrons. The Kier molecular flexibility index (Phi) is 5.13. The summed E-state index contributed by atoms with van der Waals surface area (Å²) in [6.07, 6.45) is 0. The van der Waals surface area contributed by atoms with Crippen LogP contribution >= 0.6 is 0 Å². The number of carboxylic acid groups (broad SMARTS) is 1. The molecule has 7 heteroatoms. The standard InChI is InChI=1S/C7H7NO3.C7H7NO2/c8-4-1-2-6(9)5(3-4)7(10)11;8-7(10)5-3-1-2-4-6(5)9/h1-3,9H,8H2,(H,10,11);1-4,9H,(H2,8,10). The van der Waals surface area contributed by atoms with E-state index in [2.05, 4.69) is 0 Å². The summed E-state index contributed by atoms with van der Waals surface area (Å²) in [6, 6.07) is 10.0. The lowest BCUT2D eigenvalue weighted by Crippen LogP contribution is -2.10. The molecular formula is C14H14N2O5. The number of hydrogen-bond donors (Lipinski definition) is 5. The van der Waals surface area contributed by atoms with Gasteiger partial charge in [-0.1, -0.05) is 12.1 Å². The maximum absolute atomic E-state index is 10.5. The van der Waals surface area contributed by atoms with Gasteiger partial charge in [-0.25, -0.2) is 4.79 Å². The number of anilines is 1. The van der Waals surface area contributed by atoms with Crippen LogP contribution < -0.4 is 11.5 Å². The van der Waals surface area contributed by atoms with Gasteiger partial charge in [0, 0.05) is 5.69 Å². The zero-order valence-electron chi connectivity index (χ0n) is 10.9. The Morgan fingerprint density at radius 3 is 1.90 bits per heavy atom. The van der Waals surface area contributed by atoms with E-state index < -0.39 is 11.9 Å². The van der Waals surface area contributed by atoms with Gasteiger partial charge in [0.15, 0.2) is 0 Å². The molecule has 2 aromatic carbocycles. The summed E-state index contributed by atoms with van der Waals surface area (Å²) in [5, 5.41) is 26.4. The van der Waals surface area contributed by atoms with Crippen molar-refractivity contribution in [2.75, 3.05) is 5.73 Å². The lowest BCUT2D eigenvalue weighted by molar-refractivity contribution is 0.0693. The Morgan fingerprint density at radius 1 is 0.905 bits per heavy atom. The van der Waals surface area contributed by atoms with Crippen molar-refractivity contribution in [2.24, 2.45) is 5.73 Å². The number of carboxylic acids is 1. The minimum absolute atomic E-state index is 0.0741. The average Bonchev–Trinajstić information content (AvgIpc) is 2.42. The van der Waals surface area contributed by atoms with E-state index in [1.165, 1.54) is 30.3 Å². The second-order valence-corrected chi connectivity index (χ2v) is 3.96. The molecule has 21 heavy (non-hydrogen) atoms. The molecular weight excluding hydrogens is 276 g/mol. The summed E-state index contributed by atoms with van der Waals surface area (Å²) in [5.41, 5.74) is 10.5. The highest BCUT2D eigenvalue weighted by Gasteiger charge is 2.08. The normalized spacial score (nSPS) is 9.33. The largest absolute Gasteiger partial charge is 0.507 e. The van der Waals surface area contributed by atoms with Crippen LogP contribution in [0.15, 0.2) is 42.5 Å². The molecule has 7 nitrogen and oxygen atoms in total. The number of carbonyl (C=O) groups excluding carboxylic acids is 1. The van der Waals surface area contributed by atoms with Crippen molar-refractivity contribution < 1.29 is 24.9 Å². The van der Waals surface area contributed by atoms with Crippen LogP contribution in [0.4, 0.5) is 5.69 Å². The van der Waals surface area contributed by atoms with E-state index in [0.717, 1.165) is 0 Å². The van der Waals surface area contributed by atoms with Gasteiger partial charge in [-0.2, -0.15) is 0 Å². The molecule has 0 unspecified atom stereocenters. The van der Waals surface area contributed by atoms with Gasteiger partial charge in [-0.3, -0.25) is 4.79 Å². The number of primary amides is 1. The zero-order valence-corrected chi connectivity index (χ0v) is 10.9. The van der Waals surface area contributed by atoms with Crippen LogP contribution in [0, 0.1) is 0 Å². The second kappa shape index (κ2) is 6.80. The molecule has 0 aliphatic rings. The topological polar surface area (TPSA) is 147 Å². The number of aromatic carboxylic acids is 1. The van der Waals surface area contributed by atoms with E-state index in [0.29, 0.717) is 5.69 Å². The number of hydrogen-bond acceptors (Lipinski definition) is 5. The van der Waals surface area contributed by atoms with E-state index >= 15 is 0 Å². The summed E-state index contributed by atoms with van der Waals surface area (Å²) in [4.78, 5) is 20.8. The molecule has 2 aromatic rings. The van der Waals surface area contributed by atoms with E-state index in [9.17, 15) is 9.59 Å². The fourth-order valence-corrected chi connectivity index (χ4v) is 1.41. The molecule has 0 fully saturated rings. The number of phenols is 2. The average molecular weight is 290 g/mol. The number of amides is 1. The minimum Gasteiger partial charge on any atom is -0.507 e. The van der Waals surface area contributed by atoms with Crippen LogP contribution in [0.25, 0.3) is 0 Å². The van der Waals surface area contributed by atoms with E-state index in [4.69, 9.17) is 26.8 Å². The third kappa shape index (κ3) is 4.43. The molecule has 2 rings (SSSR count). The molecule has 0 saturated heterocycles. The Labute approximate surface area is 120 Å². The predicted octanol–water partition coefficient (Wildman–Crippen LogP) is 1.16. The highest BCUT2D eigenvalue weighted by Crippen LogP contribution is 2.19. The van der Waals surface area contributed by atoms with E-state index in [1.807, 2.05) is 0 Å². The summed E-state index contributed by atoms with van der Waals surface area (Å²) in [7, 11) is 0. The van der Waals surface area contributed by atoms with Gasteiger partial charge in [-0.05, 0) is 30.3 Å². The second-order valence-electron chi connectivity index (χ2n) is 3.96. The van der Waals surface area contributed by atoms with E-state index in [1.54, 1.807) is 12.1 Å². The third-order valence-electron chi connectivity index (χ3n) is 2.42. The van der Waals surface area contributed by atoms with Crippen LogP contribution in [0.3, 0.4) is 0 Å². The van der Waals surface area contributed by atoms with Crippen molar-refractivity contribution in [1.82, 2.24) is 0 Å². The van der Waals surface area contributed by atoms with Gasteiger partial charge < -0.3 is 26.8 Å². The lowest BCUT2D eigenvalue weighted by Gasteiger charge is -1.98. The number of benzene rings is 2. The maximum atomic E-state index is 10.5. The number of nitrogens with two attached hydrogens (primary N) is 2. The molecule has 0 aliphatic carbocycles. The molecule has 0 aromatic heterocycles. The number of para-hydroxylation sites is 1. The van der Waals surface area contributed by atoms with Crippen LogP contribution in [-0.2, 0) is 0 Å². The van der Waals surface area contributed by atoms with Crippen molar-refractivity contribution in [2.45, 2.75) is 0 Å². The smallest absolute Gasteiger partial charge is 0.339 e. The first kappa shape index (κ1) is 15.8. The van der Waals surface area contributed by atoms with Gasteiger partial charge in [-0.15, -0.1) is 0 Å². The SMILES string of the molecule is NC(=O)c1ccccc1O.Nc1ccc(O)c(C(=O)O)c1. The molecule has 0 radical (unpaired) electrons. The Morgan fingerprint density at radius 2 is 1.48 bits per heavy atom. The highest BCUT2D eigenvalue weighted by molar-refractivity contribution is 5.95. The first-order valence-corrected chi connectivity index (χ1v) is 5.72. The van der Waals surface area contributed by atoms with Gasteiger partial charge in [0.2, 0.25) is 0 Å². The molecule has 1 amide bonds. The minimum atomic E-state index is -1.19. The van der Waals surface area contributed by atoms with Crippen molar-refractivity contribution in [3.8, 4) is 11.5 Å². The third-order valence-corrected chi connectivity index (χ3v) is 2.42. The van der Waals surface area contributed by atoms with Crippen LogP contribution in [-0.4, -0.2) is 27.2 Å². The molecule has 0 aliphatic heterocycles. The Hall–Kier alpha value is -3.22. The van der Waals surface area contributed by atoms with Crippen LogP contribution in [0.2, 0.25) is 0 Å². The fraction of sp³-hybridized carbons (Fsp3) is 0. The fourth-order valence-electron chi connectivity index (χ4n) is 1.41. The summed E-state index contributed by atoms with van der Waals surface area (Å²) >= 11 is 0. The van der Waals surface area contributed by atoms with Gasteiger partial charge in [0.05, 0.1) is 5.56 Å². The molecule has 0 atom stereocenters. The first-order valence-electron chi connectivity index (χ1n) is 5.72. The van der Waals surface area contributed by atoms with Crippen molar-refractivity contribution in [3.05, 3.63) is 53.6 Å². The first-order chi connectivity index (χ1) is 9.82. The Bertz CT molecular complexity index is 670.